The van der Waals surface area contributed by atoms with Crippen LogP contribution in [0.5, 0.6) is 5.75 Å². The molecule has 1 atom stereocenters. The minimum absolute atomic E-state index is 0.190. The Hall–Kier alpha value is -1.88. The number of aromatic nitrogens is 2. The zero-order valence-corrected chi connectivity index (χ0v) is 10.1. The van der Waals surface area contributed by atoms with Crippen LogP contribution in [0.3, 0.4) is 0 Å². The molecule has 1 aliphatic heterocycles. The molecule has 1 unspecified atom stereocenters. The fourth-order valence-corrected chi connectivity index (χ4v) is 2.08. The van der Waals surface area contributed by atoms with Gasteiger partial charge in [-0.25, -0.2) is 0 Å². The van der Waals surface area contributed by atoms with Gasteiger partial charge in [0.1, 0.15) is 5.75 Å². The van der Waals surface area contributed by atoms with Crippen LogP contribution in [-0.2, 0) is 4.74 Å². The van der Waals surface area contributed by atoms with E-state index in [4.69, 9.17) is 9.26 Å². The number of aryl methyl sites for hydroxylation is 1. The van der Waals surface area contributed by atoms with E-state index in [0.29, 0.717) is 23.9 Å². The highest BCUT2D eigenvalue weighted by Crippen LogP contribution is 2.32. The highest BCUT2D eigenvalue weighted by atomic mass is 16.5. The van der Waals surface area contributed by atoms with Crippen molar-refractivity contribution in [1.29, 1.82) is 0 Å². The van der Waals surface area contributed by atoms with Gasteiger partial charge in [0.2, 0.25) is 0 Å². The summed E-state index contributed by atoms with van der Waals surface area (Å²) in [6.45, 7) is 3.21. The smallest absolute Gasteiger partial charge is 0.261 e. The third-order valence-corrected chi connectivity index (χ3v) is 3.20. The normalized spacial score (nSPS) is 19.3. The molecule has 0 saturated carbocycles. The lowest BCUT2D eigenvalue weighted by Gasteiger charge is -2.02. The lowest BCUT2D eigenvalue weighted by molar-refractivity contribution is 0.192. The van der Waals surface area contributed by atoms with E-state index in [0.717, 1.165) is 18.6 Å². The van der Waals surface area contributed by atoms with E-state index in [9.17, 15) is 5.11 Å². The molecule has 0 radical (unpaired) electrons. The Kier molecular flexibility index (Phi) is 2.76. The van der Waals surface area contributed by atoms with Gasteiger partial charge < -0.3 is 14.4 Å². The van der Waals surface area contributed by atoms with Gasteiger partial charge in [0.25, 0.3) is 5.89 Å². The quantitative estimate of drug-likeness (QED) is 0.880. The Morgan fingerprint density at radius 2 is 2.28 bits per heavy atom. The lowest BCUT2D eigenvalue weighted by Crippen LogP contribution is -1.99. The molecule has 18 heavy (non-hydrogen) atoms. The molecule has 5 heteroatoms. The molecule has 2 aromatic rings. The third kappa shape index (κ3) is 1.86. The first-order valence-electron chi connectivity index (χ1n) is 5.96. The van der Waals surface area contributed by atoms with Crippen molar-refractivity contribution in [3.05, 3.63) is 29.6 Å². The number of hydrogen-bond acceptors (Lipinski definition) is 5. The van der Waals surface area contributed by atoms with E-state index in [1.165, 1.54) is 0 Å². The maximum absolute atomic E-state index is 9.97. The second-order valence-electron chi connectivity index (χ2n) is 4.49. The molecule has 0 aliphatic carbocycles. The fraction of sp³-hybridized carbons (Fsp3) is 0.385. The number of nitrogens with zero attached hydrogens (tertiary/aromatic N) is 2. The van der Waals surface area contributed by atoms with Crippen molar-refractivity contribution in [2.24, 2.45) is 0 Å². The van der Waals surface area contributed by atoms with Crippen LogP contribution in [0.15, 0.2) is 22.7 Å². The molecule has 0 spiro atoms. The largest absolute Gasteiger partial charge is 0.507 e. The van der Waals surface area contributed by atoms with Crippen LogP contribution in [-0.4, -0.2) is 28.5 Å². The molecule has 1 aromatic carbocycles. The molecule has 3 rings (SSSR count). The summed E-state index contributed by atoms with van der Waals surface area (Å²) >= 11 is 0. The topological polar surface area (TPSA) is 68.4 Å². The van der Waals surface area contributed by atoms with Crippen LogP contribution < -0.4 is 0 Å². The fourth-order valence-electron chi connectivity index (χ4n) is 2.08. The van der Waals surface area contributed by atoms with Gasteiger partial charge in [0, 0.05) is 12.5 Å². The van der Waals surface area contributed by atoms with Crippen LogP contribution in [0.4, 0.5) is 0 Å². The summed E-state index contributed by atoms with van der Waals surface area (Å²) in [4.78, 5) is 4.35. The summed E-state index contributed by atoms with van der Waals surface area (Å²) in [5.41, 5.74) is 1.36. The minimum atomic E-state index is 0.190. The Morgan fingerprint density at radius 3 is 3.06 bits per heavy atom. The van der Waals surface area contributed by atoms with Gasteiger partial charge in [0.15, 0.2) is 5.82 Å². The summed E-state index contributed by atoms with van der Waals surface area (Å²) in [5.74, 6) is 1.41. The number of hydrogen-bond donors (Lipinski definition) is 1. The number of phenolic OH excluding ortho intramolecular Hbond substituents is 1. The Bertz CT molecular complexity index is 559. The van der Waals surface area contributed by atoms with Crippen molar-refractivity contribution in [3.8, 4) is 17.2 Å². The van der Waals surface area contributed by atoms with Crippen molar-refractivity contribution in [3.63, 3.8) is 0 Å². The number of para-hydroxylation sites is 1. The van der Waals surface area contributed by atoms with E-state index in [2.05, 4.69) is 10.1 Å². The molecule has 94 valence electrons. The summed E-state index contributed by atoms with van der Waals surface area (Å²) in [7, 11) is 0. The van der Waals surface area contributed by atoms with Gasteiger partial charge in [0.05, 0.1) is 12.2 Å². The molecule has 2 heterocycles. The molecule has 1 aliphatic rings. The SMILES string of the molecule is Cc1cccc(-c2nc(C3CCOC3)no2)c1O. The summed E-state index contributed by atoms with van der Waals surface area (Å²) in [5, 5.41) is 13.9. The zero-order chi connectivity index (χ0) is 12.5. The molecule has 0 amide bonds. The van der Waals surface area contributed by atoms with Gasteiger partial charge in [-0.05, 0) is 25.0 Å². The number of rotatable bonds is 2. The first-order chi connectivity index (χ1) is 8.75. The monoisotopic (exact) mass is 246 g/mol. The van der Waals surface area contributed by atoms with Gasteiger partial charge >= 0.3 is 0 Å². The standard InChI is InChI=1S/C13H14N2O3/c1-8-3-2-4-10(11(8)16)13-14-12(15-18-13)9-5-6-17-7-9/h2-4,9,16H,5-7H2,1H3. The van der Waals surface area contributed by atoms with Crippen molar-refractivity contribution in [1.82, 2.24) is 10.1 Å². The van der Waals surface area contributed by atoms with E-state index < -0.39 is 0 Å². The summed E-state index contributed by atoms with van der Waals surface area (Å²) < 4.78 is 10.5. The van der Waals surface area contributed by atoms with Crippen LogP contribution in [0, 0.1) is 6.92 Å². The zero-order valence-electron chi connectivity index (χ0n) is 10.1. The molecule has 5 nitrogen and oxygen atoms in total. The minimum Gasteiger partial charge on any atom is -0.507 e. The number of aromatic hydroxyl groups is 1. The number of benzene rings is 1. The first-order valence-corrected chi connectivity index (χ1v) is 5.96. The predicted octanol–water partition coefficient (Wildman–Crippen LogP) is 2.25. The summed E-state index contributed by atoms with van der Waals surface area (Å²) in [6.07, 6.45) is 0.915. The average Bonchev–Trinajstić information content (AvgIpc) is 3.01. The number of ether oxygens (including phenoxy) is 1. The molecule has 0 bridgehead atoms. The maximum atomic E-state index is 9.97. The predicted molar refractivity (Wildman–Crippen MR) is 64.3 cm³/mol. The molecule has 1 saturated heterocycles. The Labute approximate surface area is 104 Å². The van der Waals surface area contributed by atoms with E-state index in [1.54, 1.807) is 6.07 Å². The first kappa shape index (κ1) is 11.2. The molecular weight excluding hydrogens is 232 g/mol. The molecular formula is C13H14N2O3. The van der Waals surface area contributed by atoms with Gasteiger partial charge in [-0.2, -0.15) is 4.98 Å². The van der Waals surface area contributed by atoms with Crippen molar-refractivity contribution >= 4 is 0 Å². The Morgan fingerprint density at radius 1 is 1.39 bits per heavy atom. The number of phenols is 1. The van der Waals surface area contributed by atoms with Crippen molar-refractivity contribution in [2.45, 2.75) is 19.3 Å². The van der Waals surface area contributed by atoms with Crippen LogP contribution in [0.1, 0.15) is 23.7 Å². The van der Waals surface area contributed by atoms with Gasteiger partial charge in [-0.15, -0.1) is 0 Å². The molecule has 1 N–H and O–H groups in total. The molecule has 1 aromatic heterocycles. The van der Waals surface area contributed by atoms with Crippen LogP contribution in [0.2, 0.25) is 0 Å². The van der Waals surface area contributed by atoms with E-state index >= 15 is 0 Å². The van der Waals surface area contributed by atoms with Crippen LogP contribution >= 0.6 is 0 Å². The van der Waals surface area contributed by atoms with Crippen molar-refractivity contribution < 1.29 is 14.4 Å². The highest BCUT2D eigenvalue weighted by Gasteiger charge is 2.24. The molecule has 1 fully saturated rings. The van der Waals surface area contributed by atoms with Gasteiger partial charge in [-0.1, -0.05) is 17.3 Å². The van der Waals surface area contributed by atoms with E-state index in [1.807, 2.05) is 19.1 Å². The third-order valence-electron chi connectivity index (χ3n) is 3.20. The Balaban J connectivity index is 1.95. The average molecular weight is 246 g/mol. The van der Waals surface area contributed by atoms with Crippen LogP contribution in [0.25, 0.3) is 11.5 Å². The van der Waals surface area contributed by atoms with Gasteiger partial charge in [-0.3, -0.25) is 0 Å². The summed E-state index contributed by atoms with van der Waals surface area (Å²) in [6, 6.07) is 5.46. The van der Waals surface area contributed by atoms with E-state index in [-0.39, 0.29) is 11.7 Å². The maximum Gasteiger partial charge on any atom is 0.261 e. The lowest BCUT2D eigenvalue weighted by atomic mass is 10.1. The second kappa shape index (κ2) is 4.42. The second-order valence-corrected chi connectivity index (χ2v) is 4.49. The van der Waals surface area contributed by atoms with Crippen molar-refractivity contribution in [2.75, 3.05) is 13.2 Å². The highest BCUT2D eigenvalue weighted by molar-refractivity contribution is 5.64.